The van der Waals surface area contributed by atoms with Gasteiger partial charge in [-0.3, -0.25) is 0 Å². The highest BCUT2D eigenvalue weighted by molar-refractivity contribution is 5.67. The number of hydrogen-bond donors (Lipinski definition) is 3. The summed E-state index contributed by atoms with van der Waals surface area (Å²) >= 11 is 0. The van der Waals surface area contributed by atoms with Crippen LogP contribution >= 0.6 is 0 Å². The van der Waals surface area contributed by atoms with Crippen molar-refractivity contribution in [2.45, 2.75) is 26.4 Å². The Morgan fingerprint density at radius 1 is 1.38 bits per heavy atom. The van der Waals surface area contributed by atoms with E-state index >= 15 is 0 Å². The van der Waals surface area contributed by atoms with E-state index in [1.165, 1.54) is 0 Å². The van der Waals surface area contributed by atoms with Crippen LogP contribution in [-0.4, -0.2) is 44.6 Å². The molecule has 2 aromatic rings. The van der Waals surface area contributed by atoms with Gasteiger partial charge in [-0.25, -0.2) is 14.7 Å². The number of aromatic nitrogens is 4. The lowest BCUT2D eigenvalue weighted by Crippen LogP contribution is -2.35. The van der Waals surface area contributed by atoms with Crippen LogP contribution in [0.2, 0.25) is 0 Å². The summed E-state index contributed by atoms with van der Waals surface area (Å²) in [7, 11) is 0. The van der Waals surface area contributed by atoms with Gasteiger partial charge >= 0.3 is 11.8 Å². The first-order valence-electron chi connectivity index (χ1n) is 6.50. The molecule has 9 nitrogen and oxygen atoms in total. The number of nitrogens with one attached hydrogen (secondary N) is 3. The molecule has 0 saturated heterocycles. The Balaban J connectivity index is 1.81. The van der Waals surface area contributed by atoms with Crippen LogP contribution in [0.5, 0.6) is 0 Å². The van der Waals surface area contributed by atoms with Gasteiger partial charge in [-0.15, -0.1) is 5.10 Å². The first kappa shape index (κ1) is 14.8. The van der Waals surface area contributed by atoms with Crippen molar-refractivity contribution in [2.75, 3.05) is 18.4 Å². The first-order valence-corrected chi connectivity index (χ1v) is 6.50. The minimum Gasteiger partial charge on any atom is -0.444 e. The van der Waals surface area contributed by atoms with Gasteiger partial charge in [0.2, 0.25) is 0 Å². The van der Waals surface area contributed by atoms with E-state index in [0.29, 0.717) is 24.6 Å². The smallest absolute Gasteiger partial charge is 0.407 e. The molecule has 0 atom stereocenters. The van der Waals surface area contributed by atoms with Crippen molar-refractivity contribution in [2.24, 2.45) is 0 Å². The summed E-state index contributed by atoms with van der Waals surface area (Å²) in [4.78, 5) is 22.8. The van der Waals surface area contributed by atoms with Gasteiger partial charge in [0.15, 0.2) is 5.65 Å². The maximum atomic E-state index is 11.4. The van der Waals surface area contributed by atoms with Crippen LogP contribution in [0.1, 0.15) is 20.8 Å². The normalized spacial score (nSPS) is 11.4. The average Bonchev–Trinajstić information content (AvgIpc) is 2.74. The topological polar surface area (TPSA) is 113 Å². The fourth-order valence-electron chi connectivity index (χ4n) is 1.57. The molecule has 1 amide bonds. The molecule has 0 radical (unpaired) electrons. The molecule has 0 fully saturated rings. The molecule has 3 N–H and O–H groups in total. The maximum absolute atomic E-state index is 11.4. The number of carbonyl (C=O) groups excluding carboxylic acids is 1. The van der Waals surface area contributed by atoms with E-state index in [4.69, 9.17) is 4.74 Å². The van der Waals surface area contributed by atoms with Crippen molar-refractivity contribution in [1.82, 2.24) is 25.1 Å². The van der Waals surface area contributed by atoms with Crippen LogP contribution in [0.4, 0.5) is 10.6 Å². The molecule has 0 saturated carbocycles. The maximum Gasteiger partial charge on any atom is 0.407 e. The lowest BCUT2D eigenvalue weighted by atomic mass is 10.2. The SMILES string of the molecule is CC(C)(C)OC(=O)NCCNc1ccc2n[nH]c(=O)n2n1. The Morgan fingerprint density at radius 3 is 2.86 bits per heavy atom. The number of alkyl carbamates (subject to hydrolysis) is 1. The van der Waals surface area contributed by atoms with Crippen molar-refractivity contribution in [1.29, 1.82) is 0 Å². The van der Waals surface area contributed by atoms with Crippen LogP contribution < -0.4 is 16.3 Å². The van der Waals surface area contributed by atoms with E-state index in [9.17, 15) is 9.59 Å². The second-order valence-electron chi connectivity index (χ2n) is 5.37. The Bertz CT molecular complexity index is 684. The number of fused-ring (bicyclic) bond motifs is 1. The molecule has 2 heterocycles. The number of aromatic amines is 1. The standard InChI is InChI=1S/C12H18N6O3/c1-12(2,3)21-11(20)14-7-6-13-8-4-5-9-15-16-10(19)18(9)17-8/h4-5H,6-7H2,1-3H3,(H,13,17)(H,14,20)(H,16,19). The third-order valence-electron chi connectivity index (χ3n) is 2.37. The zero-order chi connectivity index (χ0) is 15.5. The van der Waals surface area contributed by atoms with E-state index in [-0.39, 0.29) is 0 Å². The van der Waals surface area contributed by atoms with E-state index in [1.807, 2.05) is 0 Å². The number of hydrogen-bond acceptors (Lipinski definition) is 6. The molecule has 0 bridgehead atoms. The van der Waals surface area contributed by atoms with Crippen LogP contribution in [0.25, 0.3) is 5.65 Å². The van der Waals surface area contributed by atoms with Crippen LogP contribution in [-0.2, 0) is 4.74 Å². The molecule has 0 aromatic carbocycles. The number of H-pyrrole nitrogens is 1. The summed E-state index contributed by atoms with van der Waals surface area (Å²) in [6.07, 6.45) is -0.473. The second kappa shape index (κ2) is 5.81. The van der Waals surface area contributed by atoms with E-state index in [1.54, 1.807) is 32.9 Å². The lowest BCUT2D eigenvalue weighted by molar-refractivity contribution is 0.0530. The van der Waals surface area contributed by atoms with Gasteiger partial charge in [0.1, 0.15) is 11.4 Å². The molecule has 2 aromatic heterocycles. The summed E-state index contributed by atoms with van der Waals surface area (Å²) in [6, 6.07) is 3.36. The summed E-state index contributed by atoms with van der Waals surface area (Å²) in [5.74, 6) is 0.511. The van der Waals surface area contributed by atoms with Gasteiger partial charge in [0, 0.05) is 13.1 Å². The third kappa shape index (κ3) is 4.20. The molecule has 0 spiro atoms. The van der Waals surface area contributed by atoms with E-state index < -0.39 is 17.4 Å². The molecular weight excluding hydrogens is 276 g/mol. The molecule has 0 unspecified atom stereocenters. The number of amides is 1. The molecule has 114 valence electrons. The predicted octanol–water partition coefficient (Wildman–Crippen LogP) is 0.354. The monoisotopic (exact) mass is 294 g/mol. The molecule has 0 aliphatic carbocycles. The largest absolute Gasteiger partial charge is 0.444 e. The summed E-state index contributed by atoms with van der Waals surface area (Å²) in [6.45, 7) is 6.21. The second-order valence-corrected chi connectivity index (χ2v) is 5.37. The van der Waals surface area contributed by atoms with Crippen molar-refractivity contribution in [3.63, 3.8) is 0 Å². The Kier molecular flexibility index (Phi) is 4.10. The molecule has 21 heavy (non-hydrogen) atoms. The number of rotatable bonds is 4. The zero-order valence-corrected chi connectivity index (χ0v) is 12.1. The Labute approximate surface area is 120 Å². The van der Waals surface area contributed by atoms with Crippen LogP contribution in [0.3, 0.4) is 0 Å². The number of carbonyl (C=O) groups is 1. The Hall–Kier alpha value is -2.58. The highest BCUT2D eigenvalue weighted by Gasteiger charge is 2.15. The molecule has 0 aliphatic heterocycles. The molecule has 0 aliphatic rings. The van der Waals surface area contributed by atoms with Gasteiger partial charge in [-0.1, -0.05) is 0 Å². The lowest BCUT2D eigenvalue weighted by Gasteiger charge is -2.19. The van der Waals surface area contributed by atoms with E-state index in [2.05, 4.69) is 25.9 Å². The van der Waals surface area contributed by atoms with Crippen molar-refractivity contribution in [3.8, 4) is 0 Å². The molecule has 9 heteroatoms. The van der Waals surface area contributed by atoms with Gasteiger partial charge in [0.25, 0.3) is 0 Å². The molecular formula is C12H18N6O3. The number of ether oxygens (including phenoxy) is 1. The summed E-state index contributed by atoms with van der Waals surface area (Å²) < 4.78 is 6.26. The third-order valence-corrected chi connectivity index (χ3v) is 2.37. The van der Waals surface area contributed by atoms with Crippen molar-refractivity contribution in [3.05, 3.63) is 22.6 Å². The van der Waals surface area contributed by atoms with Gasteiger partial charge in [-0.2, -0.15) is 9.61 Å². The van der Waals surface area contributed by atoms with E-state index in [0.717, 1.165) is 4.52 Å². The predicted molar refractivity (Wildman–Crippen MR) is 76.3 cm³/mol. The van der Waals surface area contributed by atoms with Crippen LogP contribution in [0, 0.1) is 0 Å². The highest BCUT2D eigenvalue weighted by Crippen LogP contribution is 2.06. The minimum atomic E-state index is -0.521. The zero-order valence-electron chi connectivity index (χ0n) is 12.1. The fourth-order valence-corrected chi connectivity index (χ4v) is 1.57. The minimum absolute atomic E-state index is 0.370. The number of nitrogens with zero attached hydrogens (tertiary/aromatic N) is 3. The average molecular weight is 294 g/mol. The first-order chi connectivity index (χ1) is 9.85. The number of anilines is 1. The van der Waals surface area contributed by atoms with Crippen LogP contribution in [0.15, 0.2) is 16.9 Å². The fraction of sp³-hybridized carbons (Fsp3) is 0.500. The Morgan fingerprint density at radius 2 is 2.14 bits per heavy atom. The highest BCUT2D eigenvalue weighted by atomic mass is 16.6. The molecule has 2 rings (SSSR count). The quantitative estimate of drug-likeness (QED) is 0.701. The summed E-state index contributed by atoms with van der Waals surface area (Å²) in [5.41, 5.74) is -0.481. The van der Waals surface area contributed by atoms with Crippen molar-refractivity contribution >= 4 is 17.6 Å². The van der Waals surface area contributed by atoms with Gasteiger partial charge in [0.05, 0.1) is 0 Å². The van der Waals surface area contributed by atoms with Crippen molar-refractivity contribution < 1.29 is 9.53 Å². The summed E-state index contributed by atoms with van der Waals surface area (Å²) in [5, 5.41) is 15.7. The van der Waals surface area contributed by atoms with Gasteiger partial charge < -0.3 is 15.4 Å². The van der Waals surface area contributed by atoms with Gasteiger partial charge in [-0.05, 0) is 32.9 Å².